The molecule has 0 bridgehead atoms. The van der Waals surface area contributed by atoms with Crippen LogP contribution >= 0.6 is 0 Å². The second-order valence-electron chi connectivity index (χ2n) is 6.38. The Morgan fingerprint density at radius 1 is 1.37 bits per heavy atom. The predicted molar refractivity (Wildman–Crippen MR) is 77.7 cm³/mol. The molecule has 1 saturated heterocycles. The van der Waals surface area contributed by atoms with Crippen LogP contribution in [0.3, 0.4) is 0 Å². The van der Waals surface area contributed by atoms with Gasteiger partial charge in [0.1, 0.15) is 0 Å². The minimum absolute atomic E-state index is 0.193. The molecule has 1 N–H and O–H groups in total. The number of benzene rings is 1. The first-order valence-electron chi connectivity index (χ1n) is 6.86. The van der Waals surface area contributed by atoms with Gasteiger partial charge < -0.3 is 10.0 Å². The number of hydrogen-bond donors (Lipinski definition) is 1. The molecule has 2 rings (SSSR count). The van der Waals surface area contributed by atoms with Crippen molar-refractivity contribution in [3.8, 4) is 0 Å². The van der Waals surface area contributed by atoms with Crippen molar-refractivity contribution in [3.05, 3.63) is 29.3 Å². The summed E-state index contributed by atoms with van der Waals surface area (Å²) in [6.45, 7) is 9.96. The summed E-state index contributed by atoms with van der Waals surface area (Å²) in [6.07, 6.45) is 0.718. The maximum absolute atomic E-state index is 11.3. The van der Waals surface area contributed by atoms with Crippen molar-refractivity contribution in [2.75, 3.05) is 18.0 Å². The molecule has 3 heteroatoms. The maximum Gasteiger partial charge on any atom is 0.307 e. The standard InChI is InChI=1S/C16H23NO2/c1-11-5-6-14(12(2)9-11)17-8-7-13(15(18)19)16(3,4)10-17/h5-6,9,13H,7-8,10H2,1-4H3,(H,18,19). The van der Waals surface area contributed by atoms with Gasteiger partial charge in [-0.15, -0.1) is 0 Å². The number of aliphatic carboxylic acids is 1. The molecular weight excluding hydrogens is 238 g/mol. The molecule has 19 heavy (non-hydrogen) atoms. The van der Waals surface area contributed by atoms with Gasteiger partial charge in [-0.25, -0.2) is 0 Å². The molecule has 0 spiro atoms. The van der Waals surface area contributed by atoms with Gasteiger partial charge in [0.05, 0.1) is 5.92 Å². The van der Waals surface area contributed by atoms with E-state index >= 15 is 0 Å². The van der Waals surface area contributed by atoms with Crippen molar-refractivity contribution in [2.45, 2.75) is 34.1 Å². The van der Waals surface area contributed by atoms with E-state index in [1.54, 1.807) is 0 Å². The predicted octanol–water partition coefficient (Wildman–Crippen LogP) is 3.24. The SMILES string of the molecule is Cc1ccc(N2CCC(C(=O)O)C(C)(C)C2)c(C)c1. The van der Waals surface area contributed by atoms with Crippen molar-refractivity contribution in [2.24, 2.45) is 11.3 Å². The Kier molecular flexibility index (Phi) is 3.57. The molecule has 0 saturated carbocycles. The topological polar surface area (TPSA) is 40.5 Å². The summed E-state index contributed by atoms with van der Waals surface area (Å²) in [5.74, 6) is -0.903. The third kappa shape index (κ3) is 2.75. The van der Waals surface area contributed by atoms with E-state index in [-0.39, 0.29) is 11.3 Å². The van der Waals surface area contributed by atoms with E-state index in [4.69, 9.17) is 0 Å². The van der Waals surface area contributed by atoms with E-state index in [1.807, 2.05) is 0 Å². The molecule has 104 valence electrons. The number of aryl methyl sites for hydroxylation is 2. The molecule has 0 aromatic heterocycles. The highest BCUT2D eigenvalue weighted by atomic mass is 16.4. The molecule has 1 unspecified atom stereocenters. The van der Waals surface area contributed by atoms with Gasteiger partial charge in [-0.2, -0.15) is 0 Å². The Labute approximate surface area is 115 Å². The van der Waals surface area contributed by atoms with Gasteiger partial charge in [0, 0.05) is 18.8 Å². The Morgan fingerprint density at radius 3 is 2.58 bits per heavy atom. The Hall–Kier alpha value is -1.51. The lowest BCUT2D eigenvalue weighted by Crippen LogP contribution is -2.48. The zero-order valence-electron chi connectivity index (χ0n) is 12.2. The van der Waals surface area contributed by atoms with Crippen LogP contribution in [0.15, 0.2) is 18.2 Å². The fourth-order valence-electron chi connectivity index (χ4n) is 3.18. The molecule has 1 atom stereocenters. The lowest BCUT2D eigenvalue weighted by Gasteiger charge is -2.43. The van der Waals surface area contributed by atoms with E-state index in [0.717, 1.165) is 19.5 Å². The second kappa shape index (κ2) is 4.87. The quantitative estimate of drug-likeness (QED) is 0.888. The van der Waals surface area contributed by atoms with Gasteiger partial charge in [0.2, 0.25) is 0 Å². The lowest BCUT2D eigenvalue weighted by molar-refractivity contribution is -0.146. The van der Waals surface area contributed by atoms with E-state index in [1.165, 1.54) is 16.8 Å². The third-order valence-electron chi connectivity index (χ3n) is 4.22. The van der Waals surface area contributed by atoms with Crippen molar-refractivity contribution in [3.63, 3.8) is 0 Å². The number of anilines is 1. The van der Waals surface area contributed by atoms with Crippen LogP contribution in [0.4, 0.5) is 5.69 Å². The number of carboxylic acid groups (broad SMARTS) is 1. The molecule has 0 aliphatic carbocycles. The van der Waals surface area contributed by atoms with Crippen LogP contribution in [0.25, 0.3) is 0 Å². The van der Waals surface area contributed by atoms with Gasteiger partial charge in [0.15, 0.2) is 0 Å². The summed E-state index contributed by atoms with van der Waals surface area (Å²) in [6, 6.07) is 6.46. The molecule has 1 aromatic rings. The van der Waals surface area contributed by atoms with Gasteiger partial charge in [0.25, 0.3) is 0 Å². The molecule has 0 amide bonds. The van der Waals surface area contributed by atoms with Crippen LogP contribution in [0.1, 0.15) is 31.4 Å². The number of carboxylic acids is 1. The summed E-state index contributed by atoms with van der Waals surface area (Å²) >= 11 is 0. The van der Waals surface area contributed by atoms with Crippen LogP contribution < -0.4 is 4.90 Å². The largest absolute Gasteiger partial charge is 0.481 e. The average Bonchev–Trinajstić information content (AvgIpc) is 2.26. The van der Waals surface area contributed by atoms with Crippen LogP contribution in [0.2, 0.25) is 0 Å². The van der Waals surface area contributed by atoms with Crippen LogP contribution in [-0.4, -0.2) is 24.2 Å². The van der Waals surface area contributed by atoms with Gasteiger partial charge >= 0.3 is 5.97 Å². The highest BCUT2D eigenvalue weighted by Crippen LogP contribution is 2.37. The van der Waals surface area contributed by atoms with Crippen LogP contribution in [-0.2, 0) is 4.79 Å². The second-order valence-corrected chi connectivity index (χ2v) is 6.38. The summed E-state index contributed by atoms with van der Waals surface area (Å²) in [5, 5.41) is 9.30. The summed E-state index contributed by atoms with van der Waals surface area (Å²) < 4.78 is 0. The first kappa shape index (κ1) is 13.9. The molecule has 1 fully saturated rings. The normalized spacial score (nSPS) is 22.3. The fourth-order valence-corrected chi connectivity index (χ4v) is 3.18. The molecule has 1 aromatic carbocycles. The van der Waals surface area contributed by atoms with Gasteiger partial charge in [-0.3, -0.25) is 4.79 Å². The number of nitrogens with zero attached hydrogens (tertiary/aromatic N) is 1. The smallest absolute Gasteiger partial charge is 0.307 e. The lowest BCUT2D eigenvalue weighted by atomic mass is 9.73. The zero-order chi connectivity index (χ0) is 14.2. The average molecular weight is 261 g/mol. The summed E-state index contributed by atoms with van der Waals surface area (Å²) in [4.78, 5) is 13.6. The third-order valence-corrected chi connectivity index (χ3v) is 4.22. The maximum atomic E-state index is 11.3. The van der Waals surface area contributed by atoms with Gasteiger partial charge in [-0.05, 0) is 37.3 Å². The highest BCUT2D eigenvalue weighted by Gasteiger charge is 2.40. The highest BCUT2D eigenvalue weighted by molar-refractivity contribution is 5.72. The van der Waals surface area contributed by atoms with Crippen molar-refractivity contribution >= 4 is 11.7 Å². The van der Waals surface area contributed by atoms with E-state index in [2.05, 4.69) is 50.8 Å². The zero-order valence-corrected chi connectivity index (χ0v) is 12.2. The molecule has 1 aliphatic heterocycles. The first-order valence-corrected chi connectivity index (χ1v) is 6.86. The number of piperidine rings is 1. The Balaban J connectivity index is 2.23. The number of rotatable bonds is 2. The summed E-state index contributed by atoms with van der Waals surface area (Å²) in [5.41, 5.74) is 3.58. The number of carbonyl (C=O) groups is 1. The molecular formula is C16H23NO2. The van der Waals surface area contributed by atoms with Crippen molar-refractivity contribution < 1.29 is 9.90 Å². The molecule has 0 radical (unpaired) electrons. The minimum Gasteiger partial charge on any atom is -0.481 e. The first-order chi connectivity index (χ1) is 8.81. The van der Waals surface area contributed by atoms with E-state index in [0.29, 0.717) is 0 Å². The molecule has 1 aliphatic rings. The van der Waals surface area contributed by atoms with Crippen LogP contribution in [0.5, 0.6) is 0 Å². The number of hydrogen-bond acceptors (Lipinski definition) is 2. The van der Waals surface area contributed by atoms with Crippen molar-refractivity contribution in [1.82, 2.24) is 0 Å². The summed E-state index contributed by atoms with van der Waals surface area (Å²) in [7, 11) is 0. The van der Waals surface area contributed by atoms with Crippen molar-refractivity contribution in [1.29, 1.82) is 0 Å². The van der Waals surface area contributed by atoms with Crippen LogP contribution in [0, 0.1) is 25.2 Å². The monoisotopic (exact) mass is 261 g/mol. The molecule has 3 nitrogen and oxygen atoms in total. The molecule has 1 heterocycles. The van der Waals surface area contributed by atoms with E-state index in [9.17, 15) is 9.90 Å². The minimum atomic E-state index is -0.662. The fraction of sp³-hybridized carbons (Fsp3) is 0.562. The van der Waals surface area contributed by atoms with Gasteiger partial charge in [-0.1, -0.05) is 31.5 Å². The van der Waals surface area contributed by atoms with E-state index < -0.39 is 5.97 Å². The Bertz CT molecular complexity index is 494. The Morgan fingerprint density at radius 2 is 2.05 bits per heavy atom.